The highest BCUT2D eigenvalue weighted by molar-refractivity contribution is 7.99. The molecule has 0 rings (SSSR count). The van der Waals surface area contributed by atoms with Crippen LogP contribution in [0, 0.1) is 0 Å². The molecule has 0 heterocycles. The zero-order valence-electron chi connectivity index (χ0n) is 4.64. The van der Waals surface area contributed by atoms with Gasteiger partial charge in [0.15, 0.2) is 0 Å². The summed E-state index contributed by atoms with van der Waals surface area (Å²) in [5, 5.41) is 0. The Labute approximate surface area is 59.6 Å². The van der Waals surface area contributed by atoms with Gasteiger partial charge in [-0.1, -0.05) is 23.8 Å². The van der Waals surface area contributed by atoms with Crippen molar-refractivity contribution in [1.82, 2.24) is 0 Å². The zero-order valence-corrected chi connectivity index (χ0v) is 6.21. The third-order valence-electron chi connectivity index (χ3n) is 0.539. The molecule has 0 spiro atoms. The maximum Gasteiger partial charge on any atom is 0.0128 e. The van der Waals surface area contributed by atoms with Crippen molar-refractivity contribution in [2.75, 3.05) is 11.5 Å². The third-order valence-corrected chi connectivity index (χ3v) is 1.62. The zero-order chi connectivity index (χ0) is 6.24. The summed E-state index contributed by atoms with van der Waals surface area (Å²) in [4.78, 5) is 0. The Hall–Kier alpha value is 0.120. The van der Waals surface area contributed by atoms with Gasteiger partial charge in [-0.3, -0.25) is 0 Å². The first-order valence-corrected chi connectivity index (χ1v) is 3.94. The predicted octanol–water partition coefficient (Wildman–Crippen LogP) is 2.66. The van der Waals surface area contributed by atoms with Crippen LogP contribution in [0.4, 0.5) is 0 Å². The minimum absolute atomic E-state index is 0.982. The first-order valence-electron chi connectivity index (χ1n) is 2.35. The normalized spacial score (nSPS) is 10.1. The van der Waals surface area contributed by atoms with Crippen LogP contribution in [0.2, 0.25) is 0 Å². The average Bonchev–Trinajstić information content (AvgIpc) is 1.81. The lowest BCUT2D eigenvalue weighted by molar-refractivity contribution is 1.73. The van der Waals surface area contributed by atoms with Crippen LogP contribution in [0.1, 0.15) is 0 Å². The van der Waals surface area contributed by atoms with Gasteiger partial charge in [0.1, 0.15) is 0 Å². The summed E-state index contributed by atoms with van der Waals surface area (Å²) >= 11 is 7.05. The average molecular weight is 149 g/mol. The Bertz CT molecular complexity index is 78.6. The van der Waals surface area contributed by atoms with Gasteiger partial charge in [-0.25, -0.2) is 0 Å². The van der Waals surface area contributed by atoms with E-state index in [1.807, 2.05) is 12.2 Å². The molecule has 46 valence electrons. The summed E-state index contributed by atoms with van der Waals surface area (Å²) in [5.74, 6) is 1.98. The molecular weight excluding hydrogens is 140 g/mol. The van der Waals surface area contributed by atoms with Crippen molar-refractivity contribution < 1.29 is 0 Å². The molecular formula is C6H9ClS. The van der Waals surface area contributed by atoms with E-state index < -0.39 is 0 Å². The highest BCUT2D eigenvalue weighted by atomic mass is 35.5. The molecule has 0 saturated heterocycles. The molecule has 0 aliphatic carbocycles. The molecule has 0 atom stereocenters. The Kier molecular flexibility index (Phi) is 7.23. The van der Waals surface area contributed by atoms with Crippen LogP contribution in [-0.4, -0.2) is 11.5 Å². The Morgan fingerprint density at radius 2 is 2.25 bits per heavy atom. The first kappa shape index (κ1) is 8.12. The molecule has 0 bridgehead atoms. The fourth-order valence-electron chi connectivity index (χ4n) is 0.256. The van der Waals surface area contributed by atoms with E-state index >= 15 is 0 Å². The van der Waals surface area contributed by atoms with Crippen LogP contribution in [0.15, 0.2) is 24.3 Å². The Morgan fingerprint density at radius 1 is 1.50 bits per heavy atom. The quantitative estimate of drug-likeness (QED) is 0.437. The molecule has 0 amide bonds. The highest BCUT2D eigenvalue weighted by Gasteiger charge is 1.75. The van der Waals surface area contributed by atoms with Crippen molar-refractivity contribution in [3.63, 3.8) is 0 Å². The summed E-state index contributed by atoms with van der Waals surface area (Å²) in [6.45, 7) is 3.58. The highest BCUT2D eigenvalue weighted by Crippen LogP contribution is 1.99. The van der Waals surface area contributed by atoms with Gasteiger partial charge in [-0.05, 0) is 0 Å². The van der Waals surface area contributed by atoms with Crippen molar-refractivity contribution in [1.29, 1.82) is 0 Å². The monoisotopic (exact) mass is 148 g/mol. The molecule has 2 heteroatoms. The molecule has 0 aliphatic heterocycles. The molecule has 0 radical (unpaired) electrons. The summed E-state index contributed by atoms with van der Waals surface area (Å²) in [7, 11) is 0. The second-order valence-electron chi connectivity index (χ2n) is 1.19. The van der Waals surface area contributed by atoms with Gasteiger partial charge in [0.2, 0.25) is 0 Å². The van der Waals surface area contributed by atoms with E-state index in [1.165, 1.54) is 5.54 Å². The van der Waals surface area contributed by atoms with Gasteiger partial charge in [-0.2, -0.15) is 11.8 Å². The molecule has 0 saturated carbocycles. The second-order valence-corrected chi connectivity index (χ2v) is 2.51. The summed E-state index contributed by atoms with van der Waals surface area (Å²) < 4.78 is 0. The van der Waals surface area contributed by atoms with E-state index in [0.29, 0.717) is 0 Å². The number of rotatable bonds is 4. The minimum atomic E-state index is 0.982. The smallest absolute Gasteiger partial charge is 0.0128 e. The van der Waals surface area contributed by atoms with E-state index in [9.17, 15) is 0 Å². The summed E-state index contributed by atoms with van der Waals surface area (Å²) in [5.41, 5.74) is 1.54. The standard InChI is InChI=1S/C6H9ClS/c1-2-5-8-6-3-4-7/h2-4H,1,5-6H2. The van der Waals surface area contributed by atoms with Gasteiger partial charge in [0.05, 0.1) is 0 Å². The third kappa shape index (κ3) is 6.12. The molecule has 0 aromatic rings. The maximum absolute atomic E-state index is 5.26. The molecule has 0 aromatic carbocycles. The van der Waals surface area contributed by atoms with Gasteiger partial charge in [0.25, 0.3) is 0 Å². The van der Waals surface area contributed by atoms with Gasteiger partial charge in [0, 0.05) is 17.0 Å². The van der Waals surface area contributed by atoms with Crippen LogP contribution in [0.3, 0.4) is 0 Å². The van der Waals surface area contributed by atoms with E-state index in [1.54, 1.807) is 11.8 Å². The topological polar surface area (TPSA) is 0 Å². The van der Waals surface area contributed by atoms with Crippen LogP contribution in [-0.2, 0) is 0 Å². The largest absolute Gasteiger partial charge is 0.154 e. The van der Waals surface area contributed by atoms with Crippen molar-refractivity contribution >= 4 is 23.4 Å². The van der Waals surface area contributed by atoms with E-state index in [0.717, 1.165) is 11.5 Å². The fraction of sp³-hybridized carbons (Fsp3) is 0.333. The van der Waals surface area contributed by atoms with Crippen LogP contribution in [0.25, 0.3) is 0 Å². The first-order chi connectivity index (χ1) is 3.91. The number of halogens is 1. The van der Waals surface area contributed by atoms with E-state index in [-0.39, 0.29) is 0 Å². The van der Waals surface area contributed by atoms with Crippen LogP contribution >= 0.6 is 23.4 Å². The number of hydrogen-bond donors (Lipinski definition) is 0. The maximum atomic E-state index is 5.26. The lowest BCUT2D eigenvalue weighted by atomic mass is 10.8. The summed E-state index contributed by atoms with van der Waals surface area (Å²) in [6.07, 6.45) is 3.79. The molecule has 0 N–H and O–H groups in total. The predicted molar refractivity (Wildman–Crippen MR) is 42.5 cm³/mol. The van der Waals surface area contributed by atoms with E-state index in [4.69, 9.17) is 11.6 Å². The Balaban J connectivity index is 2.82. The number of thioether (sulfide) groups is 1. The Morgan fingerprint density at radius 3 is 2.75 bits per heavy atom. The van der Waals surface area contributed by atoms with E-state index in [2.05, 4.69) is 6.58 Å². The number of hydrogen-bond acceptors (Lipinski definition) is 1. The molecule has 0 unspecified atom stereocenters. The van der Waals surface area contributed by atoms with Crippen molar-refractivity contribution in [2.45, 2.75) is 0 Å². The SMILES string of the molecule is C=CCSCC=CCl. The molecule has 8 heavy (non-hydrogen) atoms. The van der Waals surface area contributed by atoms with Crippen LogP contribution < -0.4 is 0 Å². The molecule has 0 aliphatic rings. The van der Waals surface area contributed by atoms with Crippen molar-refractivity contribution in [3.05, 3.63) is 24.3 Å². The molecule has 0 aromatic heterocycles. The van der Waals surface area contributed by atoms with Gasteiger partial charge in [-0.15, -0.1) is 6.58 Å². The lowest BCUT2D eigenvalue weighted by Gasteiger charge is -1.85. The van der Waals surface area contributed by atoms with Crippen molar-refractivity contribution in [3.8, 4) is 0 Å². The molecule has 0 nitrogen and oxygen atoms in total. The van der Waals surface area contributed by atoms with Gasteiger partial charge >= 0.3 is 0 Å². The molecule has 0 fully saturated rings. The van der Waals surface area contributed by atoms with Gasteiger partial charge < -0.3 is 0 Å². The second kappa shape index (κ2) is 7.12. The fourth-order valence-corrected chi connectivity index (χ4v) is 0.986. The summed E-state index contributed by atoms with van der Waals surface area (Å²) in [6, 6.07) is 0. The minimum Gasteiger partial charge on any atom is -0.154 e. The van der Waals surface area contributed by atoms with Crippen LogP contribution in [0.5, 0.6) is 0 Å². The lowest BCUT2D eigenvalue weighted by Crippen LogP contribution is -1.70. The van der Waals surface area contributed by atoms with Crippen molar-refractivity contribution in [2.24, 2.45) is 0 Å².